The zero-order valence-electron chi connectivity index (χ0n) is 14.2. The van der Waals surface area contributed by atoms with E-state index >= 15 is 0 Å². The first kappa shape index (κ1) is 18.5. The van der Waals surface area contributed by atoms with Crippen molar-refractivity contribution >= 4 is 35.3 Å². The number of rotatable bonds is 6. The summed E-state index contributed by atoms with van der Waals surface area (Å²) in [5, 5.41) is 12.3. The summed E-state index contributed by atoms with van der Waals surface area (Å²) in [6, 6.07) is 4.89. The number of aromatic amines is 1. The van der Waals surface area contributed by atoms with Crippen LogP contribution in [0.4, 0.5) is 4.79 Å². The zero-order valence-corrected chi connectivity index (χ0v) is 15.8. The van der Waals surface area contributed by atoms with Crippen LogP contribution in [0, 0.1) is 0 Å². The number of thioether (sulfide) groups is 1. The molecule has 1 aromatic carbocycles. The Kier molecular flexibility index (Phi) is 5.67. The molecule has 0 aliphatic heterocycles. The Balaban J connectivity index is 1.63. The molecule has 1 saturated carbocycles. The molecule has 1 atom stereocenters. The summed E-state index contributed by atoms with van der Waals surface area (Å²) in [5.41, 5.74) is 0.667. The molecule has 0 spiro atoms. The molecule has 3 N–H and O–H groups in total. The SMILES string of the molecule is COc1ccc(Cl)cc1-c1nc(SC(C)C(=O)NC(=O)NC2CC2)n[nH]1. The Morgan fingerprint density at radius 1 is 1.42 bits per heavy atom. The molecule has 1 aromatic heterocycles. The van der Waals surface area contributed by atoms with Crippen LogP contribution < -0.4 is 15.4 Å². The van der Waals surface area contributed by atoms with E-state index in [0.29, 0.717) is 27.3 Å². The van der Waals surface area contributed by atoms with Crippen molar-refractivity contribution in [3.05, 3.63) is 23.2 Å². The highest BCUT2D eigenvalue weighted by Crippen LogP contribution is 2.31. The number of aromatic nitrogens is 3. The van der Waals surface area contributed by atoms with Crippen LogP contribution in [-0.2, 0) is 4.79 Å². The Hall–Kier alpha value is -2.26. The van der Waals surface area contributed by atoms with Crippen LogP contribution in [0.2, 0.25) is 5.02 Å². The van der Waals surface area contributed by atoms with E-state index < -0.39 is 17.2 Å². The maximum atomic E-state index is 12.1. The largest absolute Gasteiger partial charge is 0.496 e. The minimum Gasteiger partial charge on any atom is -0.496 e. The van der Waals surface area contributed by atoms with Gasteiger partial charge in [0.1, 0.15) is 5.75 Å². The Bertz CT molecular complexity index is 824. The van der Waals surface area contributed by atoms with Gasteiger partial charge in [0.05, 0.1) is 17.9 Å². The second kappa shape index (κ2) is 7.96. The smallest absolute Gasteiger partial charge is 0.321 e. The van der Waals surface area contributed by atoms with Gasteiger partial charge in [-0.2, -0.15) is 0 Å². The molecule has 0 radical (unpaired) electrons. The van der Waals surface area contributed by atoms with Crippen molar-refractivity contribution < 1.29 is 14.3 Å². The summed E-state index contributed by atoms with van der Waals surface area (Å²) < 4.78 is 5.30. The van der Waals surface area contributed by atoms with E-state index in [0.717, 1.165) is 24.6 Å². The van der Waals surface area contributed by atoms with Crippen LogP contribution in [0.3, 0.4) is 0 Å². The van der Waals surface area contributed by atoms with Crippen LogP contribution in [0.1, 0.15) is 19.8 Å². The fraction of sp³-hybridized carbons (Fsp3) is 0.375. The van der Waals surface area contributed by atoms with E-state index in [9.17, 15) is 9.59 Å². The number of ether oxygens (including phenoxy) is 1. The number of nitrogens with one attached hydrogen (secondary N) is 3. The standard InChI is InChI=1S/C16H18ClN5O3S/c1-8(14(23)20-15(24)18-10-4-5-10)26-16-19-13(21-22-16)11-7-9(17)3-6-12(11)25-2/h3,6-8,10H,4-5H2,1-2H3,(H,19,21,22)(H2,18,20,23,24). The second-order valence-corrected chi connectivity index (χ2v) is 7.55. The molecule has 3 rings (SSSR count). The number of imide groups is 1. The number of methoxy groups -OCH3 is 1. The topological polar surface area (TPSA) is 109 Å². The summed E-state index contributed by atoms with van der Waals surface area (Å²) >= 11 is 7.17. The third-order valence-corrected chi connectivity index (χ3v) is 4.88. The molecule has 8 nitrogen and oxygen atoms in total. The van der Waals surface area contributed by atoms with Crippen LogP contribution >= 0.6 is 23.4 Å². The fourth-order valence-corrected chi connectivity index (χ4v) is 3.06. The second-order valence-electron chi connectivity index (χ2n) is 5.81. The lowest BCUT2D eigenvalue weighted by Gasteiger charge is -2.09. The molecule has 138 valence electrons. The summed E-state index contributed by atoms with van der Waals surface area (Å²) in [6.45, 7) is 1.68. The predicted octanol–water partition coefficient (Wildman–Crippen LogP) is 2.60. The first-order chi connectivity index (χ1) is 12.5. The zero-order chi connectivity index (χ0) is 18.7. The highest BCUT2D eigenvalue weighted by atomic mass is 35.5. The first-order valence-electron chi connectivity index (χ1n) is 8.00. The number of carbonyl (C=O) groups is 2. The van der Waals surface area contributed by atoms with Crippen LogP contribution in [0.25, 0.3) is 11.4 Å². The average molecular weight is 396 g/mol. The Labute approximate surface area is 159 Å². The van der Waals surface area contributed by atoms with Crippen molar-refractivity contribution in [2.45, 2.75) is 36.2 Å². The van der Waals surface area contributed by atoms with E-state index in [1.807, 2.05) is 0 Å². The highest BCUT2D eigenvalue weighted by Gasteiger charge is 2.25. The molecule has 0 bridgehead atoms. The van der Waals surface area contributed by atoms with Crippen LogP contribution in [-0.4, -0.2) is 45.5 Å². The lowest BCUT2D eigenvalue weighted by atomic mass is 10.2. The number of amides is 3. The Morgan fingerprint density at radius 3 is 2.88 bits per heavy atom. The van der Waals surface area contributed by atoms with Gasteiger partial charge in [-0.05, 0) is 38.0 Å². The molecule has 0 saturated heterocycles. The molecule has 10 heteroatoms. The van der Waals surface area contributed by atoms with Crippen molar-refractivity contribution in [2.24, 2.45) is 0 Å². The van der Waals surface area contributed by atoms with Gasteiger partial charge in [-0.25, -0.2) is 9.78 Å². The third kappa shape index (κ3) is 4.67. The lowest BCUT2D eigenvalue weighted by Crippen LogP contribution is -2.43. The quantitative estimate of drug-likeness (QED) is 0.648. The molecule has 1 heterocycles. The number of urea groups is 1. The monoisotopic (exact) mass is 395 g/mol. The van der Waals surface area contributed by atoms with Crippen molar-refractivity contribution in [2.75, 3.05) is 7.11 Å². The van der Waals surface area contributed by atoms with Gasteiger partial charge in [-0.3, -0.25) is 15.2 Å². The third-order valence-electron chi connectivity index (χ3n) is 3.68. The van der Waals surface area contributed by atoms with Crippen molar-refractivity contribution in [1.29, 1.82) is 0 Å². The molecular weight excluding hydrogens is 378 g/mol. The van der Waals surface area contributed by atoms with Gasteiger partial charge < -0.3 is 10.1 Å². The first-order valence-corrected chi connectivity index (χ1v) is 9.26. The number of carbonyl (C=O) groups excluding carboxylic acids is 2. The van der Waals surface area contributed by atoms with Gasteiger partial charge in [-0.1, -0.05) is 23.4 Å². The molecular formula is C16H18ClN5O3S. The van der Waals surface area contributed by atoms with Crippen molar-refractivity contribution in [1.82, 2.24) is 25.8 Å². The fourth-order valence-electron chi connectivity index (χ4n) is 2.16. The van der Waals surface area contributed by atoms with Gasteiger partial charge in [0.25, 0.3) is 0 Å². The predicted molar refractivity (Wildman–Crippen MR) is 98.4 cm³/mol. The number of hydrogen-bond acceptors (Lipinski definition) is 6. The van der Waals surface area contributed by atoms with Crippen LogP contribution in [0.5, 0.6) is 5.75 Å². The summed E-state index contributed by atoms with van der Waals surface area (Å²) in [6.07, 6.45) is 1.91. The molecule has 3 amide bonds. The van der Waals surface area contributed by atoms with E-state index in [2.05, 4.69) is 25.8 Å². The van der Waals surface area contributed by atoms with Gasteiger partial charge in [-0.15, -0.1) is 5.10 Å². The van der Waals surface area contributed by atoms with E-state index in [1.54, 1.807) is 32.2 Å². The summed E-state index contributed by atoms with van der Waals surface area (Å²) in [5.74, 6) is 0.676. The molecule has 1 aliphatic rings. The van der Waals surface area contributed by atoms with Gasteiger partial charge in [0.15, 0.2) is 5.82 Å². The average Bonchev–Trinajstić information content (AvgIpc) is 3.29. The number of H-pyrrole nitrogens is 1. The normalized spacial score (nSPS) is 14.6. The van der Waals surface area contributed by atoms with E-state index in [4.69, 9.17) is 16.3 Å². The maximum absolute atomic E-state index is 12.1. The number of halogens is 1. The number of benzene rings is 1. The van der Waals surface area contributed by atoms with Gasteiger partial charge in [0, 0.05) is 11.1 Å². The van der Waals surface area contributed by atoms with E-state index in [1.165, 1.54) is 0 Å². The van der Waals surface area contributed by atoms with Gasteiger partial charge in [0.2, 0.25) is 11.1 Å². The molecule has 1 unspecified atom stereocenters. The van der Waals surface area contributed by atoms with Crippen molar-refractivity contribution in [3.63, 3.8) is 0 Å². The highest BCUT2D eigenvalue weighted by molar-refractivity contribution is 8.00. The van der Waals surface area contributed by atoms with E-state index in [-0.39, 0.29) is 6.04 Å². The maximum Gasteiger partial charge on any atom is 0.321 e. The number of nitrogens with zero attached hydrogens (tertiary/aromatic N) is 2. The lowest BCUT2D eigenvalue weighted by molar-refractivity contribution is -0.119. The molecule has 1 fully saturated rings. The minimum atomic E-state index is -0.537. The van der Waals surface area contributed by atoms with Gasteiger partial charge >= 0.3 is 6.03 Å². The summed E-state index contributed by atoms with van der Waals surface area (Å²) in [4.78, 5) is 28.1. The summed E-state index contributed by atoms with van der Waals surface area (Å²) in [7, 11) is 1.55. The molecule has 26 heavy (non-hydrogen) atoms. The molecule has 2 aromatic rings. The Morgan fingerprint density at radius 2 is 2.19 bits per heavy atom. The van der Waals surface area contributed by atoms with Crippen molar-refractivity contribution in [3.8, 4) is 17.1 Å². The molecule has 1 aliphatic carbocycles. The van der Waals surface area contributed by atoms with Crippen LogP contribution in [0.15, 0.2) is 23.4 Å². The number of hydrogen-bond donors (Lipinski definition) is 3. The minimum absolute atomic E-state index is 0.189.